The Morgan fingerprint density at radius 1 is 1.43 bits per heavy atom. The molecule has 0 aromatic carbocycles. The molecule has 1 aromatic heterocycles. The first kappa shape index (κ1) is 20.6. The van der Waals surface area contributed by atoms with Gasteiger partial charge in [-0.15, -0.1) is 36.2 Å². The predicted molar refractivity (Wildman–Crippen MR) is 93.1 cm³/mol. The highest BCUT2D eigenvalue weighted by molar-refractivity contribution is 7.09. The molecule has 2 heterocycles. The average Bonchev–Trinajstić information content (AvgIpc) is 2.85. The quantitative estimate of drug-likeness (QED) is 0.904. The molecule has 1 aromatic rings. The lowest BCUT2D eigenvalue weighted by atomic mass is 10.1. The van der Waals surface area contributed by atoms with Gasteiger partial charge in [0.05, 0.1) is 5.01 Å². The second kappa shape index (κ2) is 9.62. The Balaban J connectivity index is 0.00000200. The third-order valence-corrected chi connectivity index (χ3v) is 4.42. The normalized spacial score (nSPS) is 15.5. The number of likely N-dealkylation sites (tertiary alicyclic amines) is 1. The van der Waals surface area contributed by atoms with Gasteiger partial charge in [-0.2, -0.15) is 0 Å². The summed E-state index contributed by atoms with van der Waals surface area (Å²) in [5, 5.41) is 6.26. The summed E-state index contributed by atoms with van der Waals surface area (Å²) < 4.78 is 0. The fraction of sp³-hybridized carbons (Fsp3) is 0.714. The van der Waals surface area contributed by atoms with Gasteiger partial charge in [0, 0.05) is 30.9 Å². The molecule has 0 bridgehead atoms. The van der Waals surface area contributed by atoms with Crippen LogP contribution in [0.1, 0.15) is 42.2 Å². The lowest BCUT2D eigenvalue weighted by Crippen LogP contribution is -2.44. The number of carbonyl (C=O) groups is 1. The second-order valence-corrected chi connectivity index (χ2v) is 6.52. The number of hydrogen-bond donors (Lipinski definition) is 1. The van der Waals surface area contributed by atoms with Crippen LogP contribution in [-0.2, 0) is 6.42 Å². The summed E-state index contributed by atoms with van der Waals surface area (Å²) in [5.74, 6) is 0.682. The molecule has 1 amide bonds. The minimum absolute atomic E-state index is 0. The highest BCUT2D eigenvalue weighted by Crippen LogP contribution is 2.18. The smallest absolute Gasteiger partial charge is 0.273 e. The van der Waals surface area contributed by atoms with Crippen molar-refractivity contribution in [3.05, 3.63) is 16.1 Å². The number of nitrogens with zero attached hydrogens (tertiary/aromatic N) is 2. The largest absolute Gasteiger partial charge is 0.337 e. The van der Waals surface area contributed by atoms with Gasteiger partial charge < -0.3 is 10.2 Å². The van der Waals surface area contributed by atoms with E-state index in [1.54, 1.807) is 11.3 Å². The van der Waals surface area contributed by atoms with E-state index in [-0.39, 0.29) is 30.7 Å². The van der Waals surface area contributed by atoms with E-state index in [0.29, 0.717) is 17.7 Å². The molecule has 21 heavy (non-hydrogen) atoms. The zero-order chi connectivity index (χ0) is 13.8. The van der Waals surface area contributed by atoms with Crippen LogP contribution < -0.4 is 5.32 Å². The molecule has 1 aliphatic rings. The Kier molecular flexibility index (Phi) is 9.45. The molecule has 0 aliphatic carbocycles. The fourth-order valence-electron chi connectivity index (χ4n) is 2.39. The topological polar surface area (TPSA) is 45.2 Å². The van der Waals surface area contributed by atoms with E-state index in [9.17, 15) is 4.79 Å². The monoisotopic (exact) mass is 353 g/mol. The molecule has 122 valence electrons. The van der Waals surface area contributed by atoms with Crippen molar-refractivity contribution in [1.29, 1.82) is 0 Å². The van der Waals surface area contributed by atoms with Crippen LogP contribution in [0.5, 0.6) is 0 Å². The maximum atomic E-state index is 12.3. The van der Waals surface area contributed by atoms with E-state index in [2.05, 4.69) is 24.1 Å². The van der Waals surface area contributed by atoms with Crippen molar-refractivity contribution in [3.8, 4) is 0 Å². The van der Waals surface area contributed by atoms with E-state index >= 15 is 0 Å². The summed E-state index contributed by atoms with van der Waals surface area (Å²) in [5.41, 5.74) is 0.628. The molecule has 0 radical (unpaired) electrons. The summed E-state index contributed by atoms with van der Waals surface area (Å²) in [6.07, 6.45) is 3.02. The molecule has 0 unspecified atom stereocenters. The van der Waals surface area contributed by atoms with Crippen LogP contribution >= 0.6 is 36.2 Å². The molecular formula is C14H25Cl2N3OS. The van der Waals surface area contributed by atoms with Crippen LogP contribution in [0.3, 0.4) is 0 Å². The van der Waals surface area contributed by atoms with Crippen LogP contribution in [0.4, 0.5) is 0 Å². The summed E-state index contributed by atoms with van der Waals surface area (Å²) in [6, 6.07) is 0.552. The first-order valence-corrected chi connectivity index (χ1v) is 7.89. The molecule has 1 aliphatic heterocycles. The van der Waals surface area contributed by atoms with E-state index in [1.165, 1.54) is 0 Å². The number of nitrogens with one attached hydrogen (secondary N) is 1. The Morgan fingerprint density at radius 2 is 2.05 bits per heavy atom. The number of halogens is 2. The van der Waals surface area contributed by atoms with Gasteiger partial charge in [-0.05, 0) is 25.8 Å². The molecule has 0 atom stereocenters. The van der Waals surface area contributed by atoms with Crippen LogP contribution in [0.15, 0.2) is 5.38 Å². The lowest BCUT2D eigenvalue weighted by molar-refractivity contribution is 0.0702. The highest BCUT2D eigenvalue weighted by atomic mass is 35.5. The number of thiazole rings is 1. The predicted octanol–water partition coefficient (Wildman–Crippen LogP) is 3.01. The molecule has 2 rings (SSSR count). The first-order chi connectivity index (χ1) is 9.10. The van der Waals surface area contributed by atoms with Crippen molar-refractivity contribution in [2.75, 3.05) is 20.1 Å². The van der Waals surface area contributed by atoms with Gasteiger partial charge in [-0.25, -0.2) is 4.98 Å². The number of aromatic nitrogens is 1. The van der Waals surface area contributed by atoms with Crippen molar-refractivity contribution in [1.82, 2.24) is 15.2 Å². The van der Waals surface area contributed by atoms with E-state index in [1.807, 2.05) is 17.3 Å². The van der Waals surface area contributed by atoms with Gasteiger partial charge in [0.1, 0.15) is 5.69 Å². The zero-order valence-electron chi connectivity index (χ0n) is 12.8. The van der Waals surface area contributed by atoms with Crippen molar-refractivity contribution < 1.29 is 4.79 Å². The average molecular weight is 354 g/mol. The van der Waals surface area contributed by atoms with Crippen molar-refractivity contribution in [3.63, 3.8) is 0 Å². The number of carbonyl (C=O) groups excluding carboxylic acids is 1. The highest BCUT2D eigenvalue weighted by Gasteiger charge is 2.24. The minimum atomic E-state index is 0. The zero-order valence-corrected chi connectivity index (χ0v) is 15.2. The van der Waals surface area contributed by atoms with Crippen LogP contribution in [0.2, 0.25) is 0 Å². The molecule has 0 spiro atoms. The molecule has 7 heteroatoms. The number of piperidine rings is 1. The number of amides is 1. The molecular weight excluding hydrogens is 329 g/mol. The molecule has 1 fully saturated rings. The Hall–Kier alpha value is -0.360. The molecule has 1 saturated heterocycles. The van der Waals surface area contributed by atoms with Crippen molar-refractivity contribution in [2.45, 2.75) is 39.2 Å². The third-order valence-electron chi connectivity index (χ3n) is 3.54. The van der Waals surface area contributed by atoms with E-state index in [4.69, 9.17) is 0 Å². The van der Waals surface area contributed by atoms with Gasteiger partial charge in [-0.1, -0.05) is 13.8 Å². The Bertz CT molecular complexity index is 432. The fourth-order valence-corrected chi connectivity index (χ4v) is 3.37. The summed E-state index contributed by atoms with van der Waals surface area (Å²) >= 11 is 1.60. The van der Waals surface area contributed by atoms with Gasteiger partial charge in [-0.3, -0.25) is 4.79 Å². The number of hydrogen-bond acceptors (Lipinski definition) is 4. The lowest BCUT2D eigenvalue weighted by Gasteiger charge is -2.31. The Morgan fingerprint density at radius 3 is 2.57 bits per heavy atom. The van der Waals surface area contributed by atoms with E-state index < -0.39 is 0 Å². The summed E-state index contributed by atoms with van der Waals surface area (Å²) in [4.78, 5) is 18.8. The molecule has 0 saturated carbocycles. The maximum absolute atomic E-state index is 12.3. The van der Waals surface area contributed by atoms with Gasteiger partial charge >= 0.3 is 0 Å². The first-order valence-electron chi connectivity index (χ1n) is 7.01. The van der Waals surface area contributed by atoms with Gasteiger partial charge in [0.15, 0.2) is 0 Å². The summed E-state index contributed by atoms with van der Waals surface area (Å²) in [6.45, 7) is 6.01. The summed E-state index contributed by atoms with van der Waals surface area (Å²) in [7, 11) is 1.99. The van der Waals surface area contributed by atoms with Gasteiger partial charge in [0.2, 0.25) is 0 Å². The SMILES string of the molecule is CNC1CCN(C(=O)c2csc(CC(C)C)n2)CC1.Cl.Cl. The van der Waals surface area contributed by atoms with E-state index in [0.717, 1.165) is 37.4 Å². The van der Waals surface area contributed by atoms with Gasteiger partial charge in [0.25, 0.3) is 5.91 Å². The van der Waals surface area contributed by atoms with Crippen molar-refractivity contribution in [2.24, 2.45) is 5.92 Å². The molecule has 4 nitrogen and oxygen atoms in total. The molecule has 1 N–H and O–H groups in total. The number of rotatable bonds is 4. The Labute approximate surface area is 143 Å². The minimum Gasteiger partial charge on any atom is -0.337 e. The maximum Gasteiger partial charge on any atom is 0.273 e. The standard InChI is InChI=1S/C14H23N3OS.2ClH/c1-10(2)8-13-16-12(9-19-13)14(18)17-6-4-11(15-3)5-7-17;;/h9-11,15H,4-8H2,1-3H3;2*1H. The van der Waals surface area contributed by atoms with Crippen LogP contribution in [0.25, 0.3) is 0 Å². The van der Waals surface area contributed by atoms with Crippen LogP contribution in [-0.4, -0.2) is 42.0 Å². The van der Waals surface area contributed by atoms with Crippen molar-refractivity contribution >= 4 is 42.1 Å². The third kappa shape index (κ3) is 5.74. The second-order valence-electron chi connectivity index (χ2n) is 5.58. The van der Waals surface area contributed by atoms with Crippen LogP contribution in [0, 0.1) is 5.92 Å².